The van der Waals surface area contributed by atoms with Crippen molar-refractivity contribution >= 4 is 0 Å². The highest BCUT2D eigenvalue weighted by Gasteiger charge is 2.69. The van der Waals surface area contributed by atoms with Crippen molar-refractivity contribution in [2.75, 3.05) is 19.8 Å². The van der Waals surface area contributed by atoms with Crippen molar-refractivity contribution in [2.24, 2.45) is 46.3 Å². The van der Waals surface area contributed by atoms with Crippen molar-refractivity contribution in [3.8, 4) is 0 Å². The zero-order chi connectivity index (χ0) is 42.6. The van der Waals surface area contributed by atoms with Crippen molar-refractivity contribution in [1.82, 2.24) is 0 Å². The number of ether oxygens (including phenoxy) is 8. The summed E-state index contributed by atoms with van der Waals surface area (Å²) < 4.78 is 49.9. The van der Waals surface area contributed by atoms with Crippen molar-refractivity contribution in [2.45, 2.75) is 196 Å². The van der Waals surface area contributed by atoms with E-state index >= 15 is 0 Å². The molecule has 0 aromatic carbocycles. The van der Waals surface area contributed by atoms with Crippen LogP contribution >= 0.6 is 0 Å². The first-order valence-corrected chi connectivity index (χ1v) is 22.8. The Morgan fingerprint density at radius 1 is 0.700 bits per heavy atom. The highest BCUT2D eigenvalue weighted by molar-refractivity contribution is 5.26. The first-order chi connectivity index (χ1) is 28.5. The number of allylic oxidation sites excluding steroid dienone is 1. The van der Waals surface area contributed by atoms with E-state index in [-0.39, 0.29) is 23.0 Å². The summed E-state index contributed by atoms with van der Waals surface area (Å²) in [6, 6.07) is 0. The van der Waals surface area contributed by atoms with E-state index in [0.717, 1.165) is 45.1 Å². The van der Waals surface area contributed by atoms with Crippen LogP contribution in [0.2, 0.25) is 0 Å². The third kappa shape index (κ3) is 7.10. The topological polar surface area (TPSA) is 236 Å². The fourth-order valence-corrected chi connectivity index (χ4v) is 13.8. The van der Waals surface area contributed by atoms with Crippen LogP contribution in [0.1, 0.15) is 92.4 Å². The summed E-state index contributed by atoms with van der Waals surface area (Å²) >= 11 is 0. The van der Waals surface area contributed by atoms with Gasteiger partial charge in [-0.2, -0.15) is 0 Å². The maximum atomic E-state index is 11.9. The van der Waals surface area contributed by atoms with Crippen LogP contribution in [0, 0.1) is 46.3 Å². The number of aliphatic hydroxyl groups is 8. The minimum Gasteiger partial charge on any atom is -0.394 e. The van der Waals surface area contributed by atoms with Crippen LogP contribution in [0.5, 0.6) is 0 Å². The molecule has 9 aliphatic rings. The van der Waals surface area contributed by atoms with E-state index in [0.29, 0.717) is 48.3 Å². The lowest BCUT2D eigenvalue weighted by molar-refractivity contribution is -0.380. The summed E-state index contributed by atoms with van der Waals surface area (Å²) in [7, 11) is 0. The molecular weight excluding hydrogens is 784 g/mol. The minimum atomic E-state index is -1.70. The molecule has 13 unspecified atom stereocenters. The number of fused-ring (bicyclic) bond motifs is 7. The van der Waals surface area contributed by atoms with E-state index in [1.54, 1.807) is 0 Å². The van der Waals surface area contributed by atoms with Crippen LogP contribution in [0.25, 0.3) is 0 Å². The molecule has 0 bridgehead atoms. The number of hydrogen-bond donors (Lipinski definition) is 8. The summed E-state index contributed by atoms with van der Waals surface area (Å²) in [5, 5.41) is 84.8. The van der Waals surface area contributed by atoms with Gasteiger partial charge in [-0.3, -0.25) is 0 Å². The van der Waals surface area contributed by atoms with Crippen LogP contribution < -0.4 is 0 Å². The highest BCUT2D eigenvalue weighted by atomic mass is 16.8. The van der Waals surface area contributed by atoms with E-state index in [9.17, 15) is 40.9 Å². The zero-order valence-corrected chi connectivity index (χ0v) is 35.6. The Hall–Kier alpha value is -0.900. The Bertz CT molecular complexity index is 1560. The average Bonchev–Trinajstić information content (AvgIpc) is 3.79. The fourth-order valence-electron chi connectivity index (χ4n) is 13.8. The molecule has 0 aromatic heterocycles. The normalized spacial score (nSPS) is 57.7. The van der Waals surface area contributed by atoms with Crippen LogP contribution in [0.4, 0.5) is 0 Å². The number of aliphatic hydroxyl groups excluding tert-OH is 8. The second-order valence-electron chi connectivity index (χ2n) is 20.6. The van der Waals surface area contributed by atoms with E-state index < -0.39 is 105 Å². The molecule has 8 fully saturated rings. The molecule has 16 heteroatoms. The SMILES string of the molecule is CC1OC(OC2[C@H](O[C@H]3CC[C@@]4(C)C(=CCC5C6CC7OC8(CC[C@@H](C)CO8)[C@@H](C)C7[C@@]6(C)CCC54)C3)OC(CO)[C@@H](O[C@@H]3O[C@@H](CO)[C@H](O)[C@H]3O)[C@@H]2O)C(O)C(O)C1O. The molecule has 4 aliphatic carbocycles. The third-order valence-corrected chi connectivity index (χ3v) is 17.3. The molecule has 0 amide bonds. The molecule has 5 aliphatic heterocycles. The molecule has 0 aromatic rings. The van der Waals surface area contributed by atoms with Gasteiger partial charge in [0.1, 0.15) is 61.0 Å². The largest absolute Gasteiger partial charge is 0.394 e. The van der Waals surface area contributed by atoms with Gasteiger partial charge in [-0.25, -0.2) is 0 Å². The lowest BCUT2D eigenvalue weighted by atomic mass is 9.47. The first-order valence-electron chi connectivity index (χ1n) is 22.8. The van der Waals surface area contributed by atoms with Crippen LogP contribution in [-0.2, 0) is 37.9 Å². The molecule has 16 nitrogen and oxygen atoms in total. The minimum absolute atomic E-state index is 0.0141. The third-order valence-electron chi connectivity index (χ3n) is 17.3. The molecule has 5 saturated heterocycles. The standard InChI is InChI=1S/C44H70O16/c1-19-8-13-44(53-18-19)20(2)30-27(60-44)15-26-24-7-6-22-14-23(9-11-42(22,4)25(24)10-12-43(26,30)5)55-41-38(59-39-35(51)33(49)31(47)21(3)54-39)36(52)37(29(17-46)57-41)58-40-34(50)32(48)28(16-45)56-40/h6,19-21,23-41,45-52H,7-18H2,1-5H3/t19-,20+,21?,23+,24?,25?,26?,27?,28+,29?,30?,31?,32+,33?,34-,35?,36+,37-,38?,39?,40+,41-,42+,43+,44?/m1/s1. The van der Waals surface area contributed by atoms with E-state index in [2.05, 4.69) is 33.8 Å². The number of rotatable bonds is 8. The smallest absolute Gasteiger partial charge is 0.187 e. The quantitative estimate of drug-likeness (QED) is 0.158. The molecule has 9 rings (SSSR count). The second kappa shape index (κ2) is 16.5. The average molecular weight is 855 g/mol. The monoisotopic (exact) mass is 854 g/mol. The van der Waals surface area contributed by atoms with Gasteiger partial charge in [0.15, 0.2) is 24.7 Å². The van der Waals surface area contributed by atoms with E-state index in [1.807, 2.05) is 0 Å². The van der Waals surface area contributed by atoms with Crippen LogP contribution in [0.15, 0.2) is 11.6 Å². The van der Waals surface area contributed by atoms with Crippen molar-refractivity contribution < 1.29 is 78.7 Å². The van der Waals surface area contributed by atoms with Crippen molar-refractivity contribution in [3.63, 3.8) is 0 Å². The van der Waals surface area contributed by atoms with Crippen molar-refractivity contribution in [1.29, 1.82) is 0 Å². The Morgan fingerprint density at radius 3 is 2.10 bits per heavy atom. The summed E-state index contributed by atoms with van der Waals surface area (Å²) in [5.74, 6) is 2.65. The van der Waals surface area contributed by atoms with Crippen molar-refractivity contribution in [3.05, 3.63) is 11.6 Å². The van der Waals surface area contributed by atoms with Gasteiger partial charge < -0.3 is 78.7 Å². The van der Waals surface area contributed by atoms with Gasteiger partial charge in [0.25, 0.3) is 0 Å². The Balaban J connectivity index is 0.913. The Kier molecular flexibility index (Phi) is 12.2. The summed E-state index contributed by atoms with van der Waals surface area (Å²) in [6.45, 7) is 10.7. The van der Waals surface area contributed by atoms with E-state index in [1.165, 1.54) is 18.9 Å². The lowest BCUT2D eigenvalue weighted by Gasteiger charge is -2.58. The molecule has 8 N–H and O–H groups in total. The summed E-state index contributed by atoms with van der Waals surface area (Å²) in [4.78, 5) is 0. The lowest BCUT2D eigenvalue weighted by Crippen LogP contribution is -2.65. The molecule has 1 spiro atoms. The highest BCUT2D eigenvalue weighted by Crippen LogP contribution is 2.70. The molecule has 342 valence electrons. The maximum Gasteiger partial charge on any atom is 0.187 e. The molecular formula is C44H70O16. The molecule has 60 heavy (non-hydrogen) atoms. The van der Waals surface area contributed by atoms with E-state index in [4.69, 9.17) is 37.9 Å². The zero-order valence-electron chi connectivity index (χ0n) is 35.6. The predicted octanol–water partition coefficient (Wildman–Crippen LogP) is 0.853. The fraction of sp³-hybridized carbons (Fsp3) is 0.955. The van der Waals surface area contributed by atoms with Crippen LogP contribution in [0.3, 0.4) is 0 Å². The van der Waals surface area contributed by atoms with Gasteiger partial charge in [0.05, 0.1) is 38.1 Å². The van der Waals surface area contributed by atoms with Gasteiger partial charge in [-0.15, -0.1) is 0 Å². The summed E-state index contributed by atoms with van der Waals surface area (Å²) in [6.07, 6.45) is -8.79. The number of hydrogen-bond acceptors (Lipinski definition) is 16. The van der Waals surface area contributed by atoms with Gasteiger partial charge in [-0.1, -0.05) is 39.3 Å². The Morgan fingerprint density at radius 2 is 1.40 bits per heavy atom. The molecule has 25 atom stereocenters. The molecule has 3 saturated carbocycles. The maximum absolute atomic E-state index is 11.9. The molecule has 5 heterocycles. The summed E-state index contributed by atoms with van der Waals surface area (Å²) in [5.41, 5.74) is 1.54. The predicted molar refractivity (Wildman–Crippen MR) is 208 cm³/mol. The second-order valence-corrected chi connectivity index (χ2v) is 20.6. The van der Waals surface area contributed by atoms with Gasteiger partial charge >= 0.3 is 0 Å². The molecule has 0 radical (unpaired) electrons. The first kappa shape index (κ1) is 44.3. The van der Waals surface area contributed by atoms with Gasteiger partial charge in [-0.05, 0) is 98.7 Å². The Labute approximate surface area is 352 Å². The van der Waals surface area contributed by atoms with Crippen LogP contribution in [-0.4, -0.2) is 165 Å². The van der Waals surface area contributed by atoms with Gasteiger partial charge in [0.2, 0.25) is 0 Å². The van der Waals surface area contributed by atoms with Gasteiger partial charge in [0, 0.05) is 12.3 Å².